The lowest BCUT2D eigenvalue weighted by molar-refractivity contribution is 0.293. The van der Waals surface area contributed by atoms with Crippen molar-refractivity contribution >= 4 is 27.3 Å². The molecule has 0 radical (unpaired) electrons. The highest BCUT2D eigenvalue weighted by Gasteiger charge is 2.45. The van der Waals surface area contributed by atoms with Crippen LogP contribution in [0.4, 0.5) is 4.39 Å². The molecule has 0 spiro atoms. The number of hydrogen-bond acceptors (Lipinski definition) is 2. The second-order valence-electron chi connectivity index (χ2n) is 7.50. The lowest BCUT2D eigenvalue weighted by Crippen LogP contribution is -2.47. The zero-order chi connectivity index (χ0) is 18.0. The highest BCUT2D eigenvalue weighted by Crippen LogP contribution is 2.45. The van der Waals surface area contributed by atoms with Crippen LogP contribution in [-0.4, -0.2) is 20.6 Å². The Kier molecular flexibility index (Phi) is 3.45. The standard InChI is InChI=1S/C20H19BrFN3/c1-19(2)16-12(7-5-9-14(16)22)17(24-20(19,3)4)15-11-23-18-13(21)8-6-10-25(15)18/h5-11H,1-4H3. The third-order valence-corrected chi connectivity index (χ3v) is 6.16. The van der Waals surface area contributed by atoms with Gasteiger partial charge in [0.25, 0.3) is 0 Å². The average Bonchev–Trinajstić information content (AvgIpc) is 2.96. The molecular formula is C20H19BrFN3. The van der Waals surface area contributed by atoms with Crippen LogP contribution in [-0.2, 0) is 5.41 Å². The molecule has 128 valence electrons. The normalized spacial score (nSPS) is 18.1. The van der Waals surface area contributed by atoms with Gasteiger partial charge < -0.3 is 0 Å². The van der Waals surface area contributed by atoms with E-state index in [-0.39, 0.29) is 5.82 Å². The highest BCUT2D eigenvalue weighted by molar-refractivity contribution is 9.10. The molecule has 1 aliphatic heterocycles. The van der Waals surface area contributed by atoms with Crippen LogP contribution in [0, 0.1) is 5.82 Å². The molecule has 0 saturated carbocycles. The molecule has 2 aromatic heterocycles. The average molecular weight is 400 g/mol. The van der Waals surface area contributed by atoms with E-state index in [9.17, 15) is 4.39 Å². The number of pyridine rings is 1. The highest BCUT2D eigenvalue weighted by atomic mass is 79.9. The van der Waals surface area contributed by atoms with Gasteiger partial charge in [0.2, 0.25) is 0 Å². The summed E-state index contributed by atoms with van der Waals surface area (Å²) in [7, 11) is 0. The van der Waals surface area contributed by atoms with E-state index in [2.05, 4.69) is 48.6 Å². The van der Waals surface area contributed by atoms with Gasteiger partial charge in [0, 0.05) is 22.7 Å². The van der Waals surface area contributed by atoms with Crippen molar-refractivity contribution in [3.63, 3.8) is 0 Å². The Morgan fingerprint density at radius 2 is 1.84 bits per heavy atom. The van der Waals surface area contributed by atoms with Crippen LogP contribution < -0.4 is 0 Å². The zero-order valence-electron chi connectivity index (χ0n) is 14.6. The first-order chi connectivity index (χ1) is 11.7. The number of benzene rings is 1. The molecule has 1 aliphatic rings. The number of imidazole rings is 1. The van der Waals surface area contributed by atoms with Gasteiger partial charge in [-0.2, -0.15) is 0 Å². The minimum atomic E-state index is -0.451. The molecule has 3 nitrogen and oxygen atoms in total. The summed E-state index contributed by atoms with van der Waals surface area (Å²) in [6.07, 6.45) is 3.76. The molecule has 0 atom stereocenters. The molecule has 1 aromatic carbocycles. The first-order valence-electron chi connectivity index (χ1n) is 8.25. The SMILES string of the molecule is CC1(C)N=C(c2cnc3c(Br)cccn23)c2cccc(F)c2C1(C)C. The molecule has 3 heterocycles. The van der Waals surface area contributed by atoms with Gasteiger partial charge in [0.1, 0.15) is 5.82 Å². The fraction of sp³-hybridized carbons (Fsp3) is 0.300. The van der Waals surface area contributed by atoms with Gasteiger partial charge in [-0.3, -0.25) is 9.39 Å². The fourth-order valence-corrected chi connectivity index (χ4v) is 3.94. The second kappa shape index (κ2) is 5.24. The Balaban J connectivity index is 2.07. The summed E-state index contributed by atoms with van der Waals surface area (Å²) in [6.45, 7) is 8.23. The first-order valence-corrected chi connectivity index (χ1v) is 9.04. The minimum absolute atomic E-state index is 0.182. The summed E-state index contributed by atoms with van der Waals surface area (Å²) in [5.74, 6) is -0.182. The van der Waals surface area contributed by atoms with Crippen molar-refractivity contribution in [2.24, 2.45) is 4.99 Å². The van der Waals surface area contributed by atoms with Crippen LogP contribution in [0.1, 0.15) is 44.5 Å². The molecule has 0 saturated heterocycles. The Hall–Kier alpha value is -2.01. The Labute approximate surface area is 154 Å². The van der Waals surface area contributed by atoms with E-state index in [0.29, 0.717) is 0 Å². The van der Waals surface area contributed by atoms with Gasteiger partial charge >= 0.3 is 0 Å². The van der Waals surface area contributed by atoms with Gasteiger partial charge in [-0.1, -0.05) is 26.0 Å². The van der Waals surface area contributed by atoms with E-state index in [0.717, 1.165) is 32.7 Å². The van der Waals surface area contributed by atoms with Crippen LogP contribution in [0.15, 0.2) is 52.2 Å². The summed E-state index contributed by atoms with van der Waals surface area (Å²) in [4.78, 5) is 9.56. The maximum atomic E-state index is 14.8. The van der Waals surface area contributed by atoms with E-state index in [1.807, 2.05) is 35.0 Å². The van der Waals surface area contributed by atoms with E-state index < -0.39 is 11.0 Å². The number of aliphatic imine (C=N–C) groups is 1. The summed E-state index contributed by atoms with van der Waals surface area (Å²) < 4.78 is 17.7. The molecule has 25 heavy (non-hydrogen) atoms. The van der Waals surface area contributed by atoms with Crippen LogP contribution in [0.3, 0.4) is 0 Å². The molecule has 0 fully saturated rings. The van der Waals surface area contributed by atoms with Gasteiger partial charge in [0.05, 0.1) is 27.6 Å². The van der Waals surface area contributed by atoms with E-state index in [1.165, 1.54) is 6.07 Å². The molecule has 5 heteroatoms. The summed E-state index contributed by atoms with van der Waals surface area (Å²) in [6, 6.07) is 9.14. The third kappa shape index (κ3) is 2.21. The lowest BCUT2D eigenvalue weighted by atomic mass is 9.66. The third-order valence-electron chi connectivity index (χ3n) is 5.55. The molecule has 0 unspecified atom stereocenters. The van der Waals surface area contributed by atoms with Gasteiger partial charge in [-0.05, 0) is 48.0 Å². The van der Waals surface area contributed by atoms with Crippen LogP contribution >= 0.6 is 15.9 Å². The summed E-state index contributed by atoms with van der Waals surface area (Å²) >= 11 is 3.53. The number of fused-ring (bicyclic) bond motifs is 2. The second-order valence-corrected chi connectivity index (χ2v) is 8.35. The van der Waals surface area contributed by atoms with E-state index >= 15 is 0 Å². The van der Waals surface area contributed by atoms with Crippen molar-refractivity contribution in [2.45, 2.75) is 38.6 Å². The quantitative estimate of drug-likeness (QED) is 0.556. The molecule has 0 bridgehead atoms. The lowest BCUT2D eigenvalue weighted by Gasteiger charge is -2.44. The number of hydrogen-bond donors (Lipinski definition) is 0. The number of rotatable bonds is 1. The smallest absolute Gasteiger partial charge is 0.151 e. The van der Waals surface area contributed by atoms with Crippen molar-refractivity contribution in [1.82, 2.24) is 9.38 Å². The van der Waals surface area contributed by atoms with Crippen LogP contribution in [0.25, 0.3) is 5.65 Å². The minimum Gasteiger partial charge on any atom is -0.297 e. The largest absolute Gasteiger partial charge is 0.297 e. The first kappa shape index (κ1) is 16.5. The summed E-state index contributed by atoms with van der Waals surface area (Å²) in [5, 5.41) is 0. The Morgan fingerprint density at radius 3 is 2.60 bits per heavy atom. The Morgan fingerprint density at radius 1 is 1.08 bits per heavy atom. The van der Waals surface area contributed by atoms with Crippen molar-refractivity contribution < 1.29 is 4.39 Å². The fourth-order valence-electron chi connectivity index (χ4n) is 3.49. The van der Waals surface area contributed by atoms with Crippen molar-refractivity contribution in [1.29, 1.82) is 0 Å². The number of aromatic nitrogens is 2. The molecular weight excluding hydrogens is 381 g/mol. The maximum absolute atomic E-state index is 14.8. The molecule has 4 rings (SSSR count). The molecule has 0 N–H and O–H groups in total. The van der Waals surface area contributed by atoms with E-state index in [1.54, 1.807) is 6.07 Å². The van der Waals surface area contributed by atoms with Gasteiger partial charge in [-0.15, -0.1) is 0 Å². The number of halogens is 2. The Bertz CT molecular complexity index is 1030. The molecule has 0 aliphatic carbocycles. The van der Waals surface area contributed by atoms with Gasteiger partial charge in [-0.25, -0.2) is 9.37 Å². The van der Waals surface area contributed by atoms with Gasteiger partial charge in [0.15, 0.2) is 5.65 Å². The summed E-state index contributed by atoms with van der Waals surface area (Å²) in [5.41, 5.74) is 3.16. The molecule has 0 amide bonds. The molecule has 3 aromatic rings. The van der Waals surface area contributed by atoms with Crippen molar-refractivity contribution in [3.8, 4) is 0 Å². The monoisotopic (exact) mass is 399 g/mol. The van der Waals surface area contributed by atoms with Crippen molar-refractivity contribution in [3.05, 3.63) is 69.8 Å². The van der Waals surface area contributed by atoms with Crippen LogP contribution in [0.2, 0.25) is 0 Å². The van der Waals surface area contributed by atoms with Crippen molar-refractivity contribution in [2.75, 3.05) is 0 Å². The topological polar surface area (TPSA) is 29.7 Å². The van der Waals surface area contributed by atoms with Crippen LogP contribution in [0.5, 0.6) is 0 Å². The van der Waals surface area contributed by atoms with E-state index in [4.69, 9.17) is 4.99 Å². The maximum Gasteiger partial charge on any atom is 0.151 e. The predicted molar refractivity (Wildman–Crippen MR) is 102 cm³/mol. The number of nitrogens with zero attached hydrogens (tertiary/aromatic N) is 3. The zero-order valence-corrected chi connectivity index (χ0v) is 16.2. The predicted octanol–water partition coefficient (Wildman–Crippen LogP) is 5.14.